The van der Waals surface area contributed by atoms with Crippen molar-refractivity contribution >= 4 is 5.95 Å². The lowest BCUT2D eigenvalue weighted by molar-refractivity contribution is 0.823. The first-order valence-electron chi connectivity index (χ1n) is 6.98. The van der Waals surface area contributed by atoms with Crippen molar-refractivity contribution in [1.82, 2.24) is 9.55 Å². The van der Waals surface area contributed by atoms with Gasteiger partial charge in [0, 0.05) is 18.4 Å². The maximum absolute atomic E-state index is 4.57. The van der Waals surface area contributed by atoms with Crippen molar-refractivity contribution in [3.8, 4) is 5.69 Å². The fraction of sp³-hybridized carbons (Fsp3) is 0.438. The van der Waals surface area contributed by atoms with Gasteiger partial charge in [0.15, 0.2) is 0 Å². The third-order valence-corrected chi connectivity index (χ3v) is 3.12. The normalized spacial score (nSPS) is 10.7. The zero-order valence-corrected chi connectivity index (χ0v) is 12.3. The molecule has 0 atom stereocenters. The molecule has 1 aromatic carbocycles. The summed E-state index contributed by atoms with van der Waals surface area (Å²) in [6.45, 7) is 9.46. The molecule has 19 heavy (non-hydrogen) atoms. The molecule has 0 amide bonds. The van der Waals surface area contributed by atoms with Gasteiger partial charge in [-0.1, -0.05) is 19.4 Å². The minimum Gasteiger partial charge on any atom is -0.355 e. The van der Waals surface area contributed by atoms with Gasteiger partial charge < -0.3 is 5.32 Å². The van der Waals surface area contributed by atoms with Crippen molar-refractivity contribution < 1.29 is 0 Å². The molecule has 0 saturated heterocycles. The first-order chi connectivity index (χ1) is 9.10. The number of aryl methyl sites for hydroxylation is 3. The number of nitrogens with zero attached hydrogens (tertiary/aromatic N) is 2. The van der Waals surface area contributed by atoms with Crippen molar-refractivity contribution in [2.45, 2.75) is 40.5 Å². The maximum atomic E-state index is 4.57. The van der Waals surface area contributed by atoms with Crippen LogP contribution in [0.2, 0.25) is 0 Å². The Morgan fingerprint density at radius 2 is 1.79 bits per heavy atom. The van der Waals surface area contributed by atoms with Gasteiger partial charge in [-0.2, -0.15) is 0 Å². The van der Waals surface area contributed by atoms with Crippen LogP contribution in [0.25, 0.3) is 5.69 Å². The molecule has 0 fully saturated rings. The second kappa shape index (κ2) is 5.91. The zero-order valence-electron chi connectivity index (χ0n) is 12.3. The summed E-state index contributed by atoms with van der Waals surface area (Å²) in [6.07, 6.45) is 4.44. The van der Waals surface area contributed by atoms with Crippen LogP contribution in [0, 0.1) is 20.8 Å². The third kappa shape index (κ3) is 3.37. The smallest absolute Gasteiger partial charge is 0.207 e. The lowest BCUT2D eigenvalue weighted by atomic mass is 10.1. The maximum Gasteiger partial charge on any atom is 0.207 e. The van der Waals surface area contributed by atoms with E-state index in [2.05, 4.69) is 60.0 Å². The SMILES string of the molecule is CCCCNc1nc(C)cn1-c1cc(C)cc(C)c1. The van der Waals surface area contributed by atoms with Gasteiger partial charge >= 0.3 is 0 Å². The van der Waals surface area contributed by atoms with Gasteiger partial charge in [0.25, 0.3) is 0 Å². The van der Waals surface area contributed by atoms with Gasteiger partial charge in [0.2, 0.25) is 5.95 Å². The van der Waals surface area contributed by atoms with Crippen LogP contribution < -0.4 is 5.32 Å². The molecule has 0 saturated carbocycles. The summed E-state index contributed by atoms with van der Waals surface area (Å²) in [7, 11) is 0. The number of unbranched alkanes of at least 4 members (excludes halogenated alkanes) is 1. The summed E-state index contributed by atoms with van der Waals surface area (Å²) in [4.78, 5) is 4.57. The standard InChI is InChI=1S/C16H23N3/c1-5-6-7-17-16-18-14(4)11-19(16)15-9-12(2)8-13(3)10-15/h8-11H,5-7H2,1-4H3,(H,17,18). The van der Waals surface area contributed by atoms with Crippen LogP contribution in [0.3, 0.4) is 0 Å². The van der Waals surface area contributed by atoms with E-state index in [1.807, 2.05) is 6.92 Å². The van der Waals surface area contributed by atoms with Gasteiger partial charge in [-0.25, -0.2) is 4.98 Å². The predicted molar refractivity (Wildman–Crippen MR) is 81.2 cm³/mol. The minimum atomic E-state index is 0.941. The fourth-order valence-corrected chi connectivity index (χ4v) is 2.29. The van der Waals surface area contributed by atoms with Crippen molar-refractivity contribution in [2.75, 3.05) is 11.9 Å². The van der Waals surface area contributed by atoms with E-state index in [1.165, 1.54) is 29.7 Å². The monoisotopic (exact) mass is 257 g/mol. The van der Waals surface area contributed by atoms with Crippen molar-refractivity contribution in [3.05, 3.63) is 41.2 Å². The molecule has 1 heterocycles. The van der Waals surface area contributed by atoms with E-state index >= 15 is 0 Å². The van der Waals surface area contributed by atoms with Crippen molar-refractivity contribution in [1.29, 1.82) is 0 Å². The topological polar surface area (TPSA) is 29.9 Å². The second-order valence-corrected chi connectivity index (χ2v) is 5.20. The average molecular weight is 257 g/mol. The quantitative estimate of drug-likeness (QED) is 0.820. The summed E-state index contributed by atoms with van der Waals surface area (Å²) < 4.78 is 2.14. The number of imidazole rings is 1. The minimum absolute atomic E-state index is 0.941. The lowest BCUT2D eigenvalue weighted by Gasteiger charge is -2.11. The molecule has 2 aromatic rings. The van der Waals surface area contributed by atoms with Crippen LogP contribution >= 0.6 is 0 Å². The molecule has 1 aromatic heterocycles. The third-order valence-electron chi connectivity index (χ3n) is 3.12. The highest BCUT2D eigenvalue weighted by atomic mass is 15.2. The Kier molecular flexibility index (Phi) is 4.25. The molecule has 102 valence electrons. The Morgan fingerprint density at radius 3 is 2.42 bits per heavy atom. The van der Waals surface area contributed by atoms with Gasteiger partial charge in [-0.05, 0) is 50.5 Å². The number of hydrogen-bond acceptors (Lipinski definition) is 2. The lowest BCUT2D eigenvalue weighted by Crippen LogP contribution is -2.07. The van der Waals surface area contributed by atoms with E-state index in [-0.39, 0.29) is 0 Å². The van der Waals surface area contributed by atoms with Crippen LogP contribution in [0.15, 0.2) is 24.4 Å². The molecule has 0 aliphatic heterocycles. The molecule has 0 spiro atoms. The van der Waals surface area contributed by atoms with Gasteiger partial charge in [0.05, 0.1) is 5.69 Å². The van der Waals surface area contributed by atoms with Crippen LogP contribution in [0.4, 0.5) is 5.95 Å². The summed E-state index contributed by atoms with van der Waals surface area (Å²) in [5.41, 5.74) is 4.77. The highest BCUT2D eigenvalue weighted by Gasteiger charge is 2.07. The van der Waals surface area contributed by atoms with E-state index in [0.29, 0.717) is 0 Å². The molecule has 0 aliphatic carbocycles. The van der Waals surface area contributed by atoms with Gasteiger partial charge in [0.1, 0.15) is 0 Å². The Bertz CT molecular complexity index is 535. The van der Waals surface area contributed by atoms with Crippen LogP contribution in [-0.2, 0) is 0 Å². The Morgan fingerprint density at radius 1 is 1.11 bits per heavy atom. The van der Waals surface area contributed by atoms with Crippen LogP contribution in [0.5, 0.6) is 0 Å². The molecular formula is C16H23N3. The second-order valence-electron chi connectivity index (χ2n) is 5.20. The number of benzene rings is 1. The van der Waals surface area contributed by atoms with Crippen molar-refractivity contribution in [2.24, 2.45) is 0 Å². The molecular weight excluding hydrogens is 234 g/mol. The molecule has 1 N–H and O–H groups in total. The summed E-state index contributed by atoms with van der Waals surface area (Å²) in [5.74, 6) is 0.941. The molecule has 2 rings (SSSR count). The largest absolute Gasteiger partial charge is 0.355 e. The van der Waals surface area contributed by atoms with E-state index in [9.17, 15) is 0 Å². The molecule has 0 unspecified atom stereocenters. The number of nitrogens with one attached hydrogen (secondary N) is 1. The Balaban J connectivity index is 2.32. The molecule has 0 bridgehead atoms. The number of hydrogen-bond donors (Lipinski definition) is 1. The average Bonchev–Trinajstić information content (AvgIpc) is 2.70. The van der Waals surface area contributed by atoms with Gasteiger partial charge in [-0.3, -0.25) is 4.57 Å². The summed E-state index contributed by atoms with van der Waals surface area (Å²) in [5, 5.41) is 3.42. The van der Waals surface area contributed by atoms with Crippen LogP contribution in [0.1, 0.15) is 36.6 Å². The number of anilines is 1. The van der Waals surface area contributed by atoms with Crippen molar-refractivity contribution in [3.63, 3.8) is 0 Å². The Labute approximate surface area is 115 Å². The van der Waals surface area contributed by atoms with Crippen LogP contribution in [-0.4, -0.2) is 16.1 Å². The molecule has 3 heteroatoms. The predicted octanol–water partition coefficient (Wildman–Crippen LogP) is 4.01. The first kappa shape index (κ1) is 13.7. The number of rotatable bonds is 5. The summed E-state index contributed by atoms with van der Waals surface area (Å²) >= 11 is 0. The molecule has 0 radical (unpaired) electrons. The van der Waals surface area contributed by atoms with E-state index in [0.717, 1.165) is 18.2 Å². The highest BCUT2D eigenvalue weighted by molar-refractivity contribution is 5.46. The Hall–Kier alpha value is -1.77. The summed E-state index contributed by atoms with van der Waals surface area (Å²) in [6, 6.07) is 6.58. The van der Waals surface area contributed by atoms with E-state index in [4.69, 9.17) is 0 Å². The van der Waals surface area contributed by atoms with Gasteiger partial charge in [-0.15, -0.1) is 0 Å². The fourth-order valence-electron chi connectivity index (χ4n) is 2.29. The molecule has 0 aliphatic rings. The molecule has 3 nitrogen and oxygen atoms in total. The number of aromatic nitrogens is 2. The zero-order chi connectivity index (χ0) is 13.8. The van der Waals surface area contributed by atoms with E-state index in [1.54, 1.807) is 0 Å². The highest BCUT2D eigenvalue weighted by Crippen LogP contribution is 2.19. The van der Waals surface area contributed by atoms with E-state index < -0.39 is 0 Å². The first-order valence-corrected chi connectivity index (χ1v) is 6.98.